The SMILES string of the molecule is O=C(NCc1cccnc1)Nc1ccc(COc2ccccc2-c2ccccc2)cn1. The van der Waals surface area contributed by atoms with Crippen molar-refractivity contribution in [3.8, 4) is 16.9 Å². The second kappa shape index (κ2) is 10.0. The van der Waals surface area contributed by atoms with Crippen molar-refractivity contribution in [3.63, 3.8) is 0 Å². The van der Waals surface area contributed by atoms with Crippen LogP contribution < -0.4 is 15.4 Å². The normalized spacial score (nSPS) is 10.3. The molecule has 4 aromatic rings. The predicted molar refractivity (Wildman–Crippen MR) is 121 cm³/mol. The van der Waals surface area contributed by atoms with E-state index in [4.69, 9.17) is 4.74 Å². The Kier molecular flexibility index (Phi) is 6.50. The van der Waals surface area contributed by atoms with Crippen LogP contribution in [0.5, 0.6) is 5.75 Å². The van der Waals surface area contributed by atoms with Crippen LogP contribution in [-0.4, -0.2) is 16.0 Å². The number of carbonyl (C=O) groups is 1. The predicted octanol–water partition coefficient (Wildman–Crippen LogP) is 5.04. The van der Waals surface area contributed by atoms with Crippen LogP contribution in [0.1, 0.15) is 11.1 Å². The van der Waals surface area contributed by atoms with Gasteiger partial charge in [-0.05, 0) is 29.3 Å². The first-order valence-electron chi connectivity index (χ1n) is 9.94. The molecule has 0 aliphatic rings. The molecule has 31 heavy (non-hydrogen) atoms. The van der Waals surface area contributed by atoms with Crippen molar-refractivity contribution in [1.29, 1.82) is 0 Å². The third kappa shape index (κ3) is 5.67. The van der Waals surface area contributed by atoms with Gasteiger partial charge >= 0.3 is 6.03 Å². The summed E-state index contributed by atoms with van der Waals surface area (Å²) in [5, 5.41) is 5.50. The molecule has 4 rings (SSSR count). The van der Waals surface area contributed by atoms with Crippen LogP contribution in [0.15, 0.2) is 97.5 Å². The summed E-state index contributed by atoms with van der Waals surface area (Å²) in [6.45, 7) is 0.775. The highest BCUT2D eigenvalue weighted by Gasteiger charge is 2.07. The minimum absolute atomic E-state index is 0.322. The van der Waals surface area contributed by atoms with E-state index in [-0.39, 0.29) is 6.03 Å². The van der Waals surface area contributed by atoms with Gasteiger partial charge in [0, 0.05) is 36.3 Å². The zero-order valence-corrected chi connectivity index (χ0v) is 16.9. The van der Waals surface area contributed by atoms with Crippen molar-refractivity contribution < 1.29 is 9.53 Å². The smallest absolute Gasteiger partial charge is 0.320 e. The summed E-state index contributed by atoms with van der Waals surface area (Å²) >= 11 is 0. The Balaban J connectivity index is 1.32. The molecule has 2 N–H and O–H groups in total. The number of ether oxygens (including phenoxy) is 1. The number of hydrogen-bond acceptors (Lipinski definition) is 4. The molecule has 6 heteroatoms. The van der Waals surface area contributed by atoms with Crippen molar-refractivity contribution in [2.45, 2.75) is 13.2 Å². The number of carbonyl (C=O) groups excluding carboxylic acids is 1. The number of urea groups is 1. The summed E-state index contributed by atoms with van der Waals surface area (Å²) in [7, 11) is 0. The largest absolute Gasteiger partial charge is 0.488 e. The minimum Gasteiger partial charge on any atom is -0.488 e. The Hall–Kier alpha value is -4.19. The van der Waals surface area contributed by atoms with E-state index in [9.17, 15) is 4.79 Å². The number of nitrogens with zero attached hydrogens (tertiary/aromatic N) is 2. The minimum atomic E-state index is -0.322. The maximum atomic E-state index is 12.0. The summed E-state index contributed by atoms with van der Waals surface area (Å²) in [4.78, 5) is 20.4. The van der Waals surface area contributed by atoms with Crippen molar-refractivity contribution in [3.05, 3.63) is 109 Å². The van der Waals surface area contributed by atoms with Crippen LogP contribution in [0.25, 0.3) is 11.1 Å². The number of pyridine rings is 2. The quantitative estimate of drug-likeness (QED) is 0.447. The second-order valence-corrected chi connectivity index (χ2v) is 6.87. The van der Waals surface area contributed by atoms with E-state index < -0.39 is 0 Å². The van der Waals surface area contributed by atoms with Crippen LogP contribution in [0.4, 0.5) is 10.6 Å². The number of para-hydroxylation sites is 1. The van der Waals surface area contributed by atoms with Crippen LogP contribution in [0.3, 0.4) is 0 Å². The number of amides is 2. The highest BCUT2D eigenvalue weighted by Crippen LogP contribution is 2.30. The first-order valence-corrected chi connectivity index (χ1v) is 9.94. The fraction of sp³-hybridized carbons (Fsp3) is 0.0800. The van der Waals surface area contributed by atoms with Gasteiger partial charge in [-0.2, -0.15) is 0 Å². The molecule has 0 unspecified atom stereocenters. The van der Waals surface area contributed by atoms with Crippen molar-refractivity contribution >= 4 is 11.8 Å². The Morgan fingerprint density at radius 1 is 0.839 bits per heavy atom. The summed E-state index contributed by atoms with van der Waals surface area (Å²) in [6.07, 6.45) is 5.10. The molecule has 0 atom stereocenters. The maximum Gasteiger partial charge on any atom is 0.320 e. The summed E-state index contributed by atoms with van der Waals surface area (Å²) in [6, 6.07) is 25.1. The van der Waals surface area contributed by atoms with Gasteiger partial charge in [0.15, 0.2) is 0 Å². The molecule has 2 amide bonds. The first kappa shape index (κ1) is 20.1. The number of anilines is 1. The molecule has 2 aromatic heterocycles. The summed E-state index contributed by atoms with van der Waals surface area (Å²) < 4.78 is 6.04. The number of rotatable bonds is 7. The van der Waals surface area contributed by atoms with Gasteiger partial charge in [0.05, 0.1) is 0 Å². The van der Waals surface area contributed by atoms with E-state index in [1.807, 2.05) is 60.7 Å². The van der Waals surface area contributed by atoms with E-state index in [1.165, 1.54) is 0 Å². The third-order valence-electron chi connectivity index (χ3n) is 4.61. The summed E-state index contributed by atoms with van der Waals surface area (Å²) in [5.74, 6) is 1.28. The maximum absolute atomic E-state index is 12.0. The topological polar surface area (TPSA) is 76.1 Å². The lowest BCUT2D eigenvalue weighted by atomic mass is 10.1. The molecule has 0 spiro atoms. The molecular formula is C25H22N4O2. The highest BCUT2D eigenvalue weighted by molar-refractivity contribution is 5.88. The van der Waals surface area contributed by atoms with Gasteiger partial charge in [0.25, 0.3) is 0 Å². The highest BCUT2D eigenvalue weighted by atomic mass is 16.5. The molecule has 0 aliphatic carbocycles. The zero-order valence-electron chi connectivity index (χ0n) is 16.9. The molecule has 154 valence electrons. The zero-order chi connectivity index (χ0) is 21.3. The summed E-state index contributed by atoms with van der Waals surface area (Å²) in [5.41, 5.74) is 3.98. The lowest BCUT2D eigenvalue weighted by Gasteiger charge is -2.12. The Morgan fingerprint density at radius 2 is 1.68 bits per heavy atom. The van der Waals surface area contributed by atoms with E-state index in [0.717, 1.165) is 28.0 Å². The van der Waals surface area contributed by atoms with Crippen molar-refractivity contribution in [2.75, 3.05) is 5.32 Å². The average molecular weight is 410 g/mol. The van der Waals surface area contributed by atoms with E-state index in [1.54, 1.807) is 24.7 Å². The molecule has 0 aliphatic heterocycles. The van der Waals surface area contributed by atoms with Crippen LogP contribution in [0.2, 0.25) is 0 Å². The molecule has 6 nitrogen and oxygen atoms in total. The number of nitrogens with one attached hydrogen (secondary N) is 2. The van der Waals surface area contributed by atoms with Crippen molar-refractivity contribution in [1.82, 2.24) is 15.3 Å². The molecule has 0 radical (unpaired) electrons. The Bertz CT molecular complexity index is 1120. The first-order chi connectivity index (χ1) is 15.3. The number of hydrogen-bond donors (Lipinski definition) is 2. The van der Waals surface area contributed by atoms with Gasteiger partial charge in [-0.15, -0.1) is 0 Å². The fourth-order valence-corrected chi connectivity index (χ4v) is 3.04. The van der Waals surface area contributed by atoms with Crippen LogP contribution in [-0.2, 0) is 13.2 Å². The van der Waals surface area contributed by atoms with Crippen LogP contribution in [0, 0.1) is 0 Å². The second-order valence-electron chi connectivity index (χ2n) is 6.87. The van der Waals surface area contributed by atoms with Gasteiger partial charge in [-0.25, -0.2) is 9.78 Å². The monoisotopic (exact) mass is 410 g/mol. The molecule has 0 saturated carbocycles. The molecule has 0 bridgehead atoms. The van der Waals surface area contributed by atoms with Crippen molar-refractivity contribution in [2.24, 2.45) is 0 Å². The van der Waals surface area contributed by atoms with Gasteiger partial charge in [0.2, 0.25) is 0 Å². The molecule has 2 heterocycles. The van der Waals surface area contributed by atoms with Crippen LogP contribution >= 0.6 is 0 Å². The van der Waals surface area contributed by atoms with E-state index in [2.05, 4.69) is 32.7 Å². The van der Waals surface area contributed by atoms with E-state index in [0.29, 0.717) is 19.0 Å². The fourth-order valence-electron chi connectivity index (χ4n) is 3.04. The lowest BCUT2D eigenvalue weighted by Crippen LogP contribution is -2.28. The van der Waals surface area contributed by atoms with Gasteiger partial charge in [0.1, 0.15) is 18.2 Å². The third-order valence-corrected chi connectivity index (χ3v) is 4.61. The van der Waals surface area contributed by atoms with Gasteiger partial charge in [-0.1, -0.05) is 60.7 Å². The number of benzene rings is 2. The average Bonchev–Trinajstić information content (AvgIpc) is 2.84. The Morgan fingerprint density at radius 3 is 2.45 bits per heavy atom. The van der Waals surface area contributed by atoms with Gasteiger partial charge < -0.3 is 10.1 Å². The number of aromatic nitrogens is 2. The molecule has 0 fully saturated rings. The molecular weight excluding hydrogens is 388 g/mol. The molecule has 2 aromatic carbocycles. The Labute approximate surface area is 181 Å². The standard InChI is InChI=1S/C25H22N4O2/c30-25(28-16-19-7-6-14-26-15-19)29-24-13-12-20(17-27-24)18-31-23-11-5-4-10-22(23)21-8-2-1-3-9-21/h1-15,17H,16,18H2,(H2,27,28,29,30). The van der Waals surface area contributed by atoms with E-state index >= 15 is 0 Å². The lowest BCUT2D eigenvalue weighted by molar-refractivity contribution is 0.251. The van der Waals surface area contributed by atoms with Gasteiger partial charge in [-0.3, -0.25) is 10.3 Å². The molecule has 0 saturated heterocycles.